The number of hydrogen-bond donors (Lipinski definition) is 1. The first-order valence-corrected chi connectivity index (χ1v) is 7.00. The quantitative estimate of drug-likeness (QED) is 0.880. The van der Waals surface area contributed by atoms with Crippen molar-refractivity contribution in [2.45, 2.75) is 46.6 Å². The summed E-state index contributed by atoms with van der Waals surface area (Å²) < 4.78 is 1.95. The zero-order valence-corrected chi connectivity index (χ0v) is 12.8. The van der Waals surface area contributed by atoms with Crippen LogP contribution in [0.15, 0.2) is 11.0 Å². The smallest absolute Gasteiger partial charge is 0.261 e. The Bertz CT molecular complexity index is 801. The van der Waals surface area contributed by atoms with Gasteiger partial charge in [0.05, 0.1) is 10.9 Å². The van der Waals surface area contributed by atoms with Crippen LogP contribution < -0.4 is 5.56 Å². The van der Waals surface area contributed by atoms with Gasteiger partial charge in [0.25, 0.3) is 5.56 Å². The topological polar surface area (TPSA) is 67.8 Å². The Morgan fingerprint density at radius 3 is 2.81 bits per heavy atom. The van der Waals surface area contributed by atoms with Gasteiger partial charge in [-0.05, 0) is 27.7 Å². The molecule has 0 atom stereocenters. The van der Waals surface area contributed by atoms with Gasteiger partial charge in [-0.1, -0.05) is 11.8 Å². The fraction of sp³-hybridized carbons (Fsp3) is 0.438. The van der Waals surface area contributed by atoms with E-state index in [0.29, 0.717) is 35.3 Å². The maximum atomic E-state index is 12.2. The molecule has 2 aromatic rings. The van der Waals surface area contributed by atoms with Crippen molar-refractivity contribution in [2.75, 3.05) is 0 Å². The highest BCUT2D eigenvalue weighted by Gasteiger charge is 2.14. The van der Waals surface area contributed by atoms with E-state index in [2.05, 4.69) is 21.8 Å². The molecule has 2 aromatic heterocycles. The second-order valence-corrected chi connectivity index (χ2v) is 5.40. The number of hydrogen-bond acceptors (Lipinski definition) is 3. The third-order valence-electron chi connectivity index (χ3n) is 3.18. The highest BCUT2D eigenvalue weighted by Crippen LogP contribution is 2.19. The number of nitrogens with zero attached hydrogens (tertiary/aromatic N) is 2. The summed E-state index contributed by atoms with van der Waals surface area (Å²) in [6.07, 6.45) is 2.79. The van der Waals surface area contributed by atoms with Gasteiger partial charge in [0.2, 0.25) is 0 Å². The number of aromatic amines is 1. The van der Waals surface area contributed by atoms with Crippen molar-refractivity contribution in [3.05, 3.63) is 27.9 Å². The minimum absolute atomic E-state index is 0.115. The number of aromatic nitrogens is 3. The van der Waals surface area contributed by atoms with Gasteiger partial charge in [-0.25, -0.2) is 4.98 Å². The number of H-pyrrole nitrogens is 1. The predicted molar refractivity (Wildman–Crippen MR) is 82.3 cm³/mol. The summed E-state index contributed by atoms with van der Waals surface area (Å²) in [5, 5.41) is 0.518. The third kappa shape index (κ3) is 3.22. The van der Waals surface area contributed by atoms with Crippen LogP contribution in [-0.2, 0) is 4.79 Å². The number of nitrogens with one attached hydrogen (secondary N) is 1. The lowest BCUT2D eigenvalue weighted by atomic mass is 10.2. The van der Waals surface area contributed by atoms with Gasteiger partial charge >= 0.3 is 0 Å². The Labute approximate surface area is 123 Å². The number of aryl methyl sites for hydroxylation is 1. The lowest BCUT2D eigenvalue weighted by molar-refractivity contribution is -0.116. The van der Waals surface area contributed by atoms with E-state index in [1.54, 1.807) is 13.8 Å². The van der Waals surface area contributed by atoms with E-state index in [4.69, 9.17) is 0 Å². The van der Waals surface area contributed by atoms with E-state index < -0.39 is 0 Å². The summed E-state index contributed by atoms with van der Waals surface area (Å²) in [4.78, 5) is 30.2. The lowest BCUT2D eigenvalue weighted by Crippen LogP contribution is -2.11. The Kier molecular flexibility index (Phi) is 4.27. The number of ketones is 1. The summed E-state index contributed by atoms with van der Waals surface area (Å²) in [5.74, 6) is 6.65. The molecule has 2 heterocycles. The van der Waals surface area contributed by atoms with E-state index >= 15 is 0 Å². The number of rotatable bonds is 3. The van der Waals surface area contributed by atoms with Gasteiger partial charge < -0.3 is 9.55 Å². The first kappa shape index (κ1) is 15.0. The Balaban J connectivity index is 2.54. The summed E-state index contributed by atoms with van der Waals surface area (Å²) in [7, 11) is 0. The summed E-state index contributed by atoms with van der Waals surface area (Å²) in [6.45, 7) is 7.37. The predicted octanol–water partition coefficient (Wildman–Crippen LogP) is 2.33. The standard InChI is InChI=1S/C16H19N3O2/c1-10(2)19-9-13(8-6-5-7-11(3)20)14-15(19)17-12(4)18-16(14)21/h9-10H,5,7H2,1-4H3,(H,17,18,21). The lowest BCUT2D eigenvalue weighted by Gasteiger charge is -2.07. The van der Waals surface area contributed by atoms with Crippen LogP contribution in [0.4, 0.5) is 0 Å². The highest BCUT2D eigenvalue weighted by atomic mass is 16.1. The van der Waals surface area contributed by atoms with Gasteiger partial charge in [0, 0.05) is 25.1 Å². The van der Waals surface area contributed by atoms with E-state index in [1.165, 1.54) is 0 Å². The van der Waals surface area contributed by atoms with Crippen LogP contribution in [0.3, 0.4) is 0 Å². The van der Waals surface area contributed by atoms with Crippen molar-refractivity contribution in [3.63, 3.8) is 0 Å². The second-order valence-electron chi connectivity index (χ2n) is 5.40. The zero-order valence-electron chi connectivity index (χ0n) is 12.8. The molecule has 21 heavy (non-hydrogen) atoms. The molecule has 0 aliphatic heterocycles. The maximum absolute atomic E-state index is 12.2. The monoisotopic (exact) mass is 285 g/mol. The number of carbonyl (C=O) groups is 1. The maximum Gasteiger partial charge on any atom is 0.261 e. The zero-order chi connectivity index (χ0) is 15.6. The molecule has 0 aliphatic carbocycles. The molecule has 5 heteroatoms. The van der Waals surface area contributed by atoms with Crippen LogP contribution in [0.2, 0.25) is 0 Å². The molecule has 0 bridgehead atoms. The number of carbonyl (C=O) groups excluding carboxylic acids is 1. The molecule has 0 fully saturated rings. The van der Waals surface area contributed by atoms with Crippen LogP contribution in [0.25, 0.3) is 11.0 Å². The van der Waals surface area contributed by atoms with Crippen molar-refractivity contribution < 1.29 is 4.79 Å². The Hall–Kier alpha value is -2.35. The fourth-order valence-electron chi connectivity index (χ4n) is 2.15. The molecule has 0 aliphatic rings. The average Bonchev–Trinajstić information content (AvgIpc) is 2.73. The SMILES string of the molecule is CC(=O)CCC#Cc1cn(C(C)C)c2nc(C)[nH]c(=O)c12. The molecule has 110 valence electrons. The average molecular weight is 285 g/mol. The van der Waals surface area contributed by atoms with Crippen LogP contribution in [0, 0.1) is 18.8 Å². The number of Topliss-reactive ketones (excluding diaryl/α,β-unsaturated/α-hetero) is 1. The summed E-state index contributed by atoms with van der Waals surface area (Å²) in [5.41, 5.74) is 1.14. The molecule has 2 rings (SSSR count). The second kappa shape index (κ2) is 5.96. The molecule has 0 radical (unpaired) electrons. The first-order valence-electron chi connectivity index (χ1n) is 7.00. The molecule has 0 saturated carbocycles. The van der Waals surface area contributed by atoms with Gasteiger partial charge in [-0.3, -0.25) is 9.59 Å². The Morgan fingerprint density at radius 1 is 1.48 bits per heavy atom. The van der Waals surface area contributed by atoms with Crippen molar-refractivity contribution in [2.24, 2.45) is 0 Å². The van der Waals surface area contributed by atoms with Gasteiger partial charge in [0.1, 0.15) is 17.3 Å². The highest BCUT2D eigenvalue weighted by molar-refractivity contribution is 5.83. The molecule has 0 unspecified atom stereocenters. The van der Waals surface area contributed by atoms with Gasteiger partial charge in [-0.2, -0.15) is 0 Å². The first-order chi connectivity index (χ1) is 9.90. The van der Waals surface area contributed by atoms with Crippen molar-refractivity contribution >= 4 is 16.8 Å². The van der Waals surface area contributed by atoms with Crippen molar-refractivity contribution in [3.8, 4) is 11.8 Å². The molecule has 0 saturated heterocycles. The normalized spacial score (nSPS) is 10.7. The summed E-state index contributed by atoms with van der Waals surface area (Å²) in [6, 6.07) is 0.189. The third-order valence-corrected chi connectivity index (χ3v) is 3.18. The van der Waals surface area contributed by atoms with E-state index in [-0.39, 0.29) is 17.4 Å². The molecular weight excluding hydrogens is 266 g/mol. The fourth-order valence-corrected chi connectivity index (χ4v) is 2.15. The van der Waals surface area contributed by atoms with Gasteiger partial charge in [0.15, 0.2) is 0 Å². The molecular formula is C16H19N3O2. The minimum atomic E-state index is -0.173. The Morgan fingerprint density at radius 2 is 2.19 bits per heavy atom. The van der Waals surface area contributed by atoms with Crippen molar-refractivity contribution in [1.82, 2.24) is 14.5 Å². The van der Waals surface area contributed by atoms with Crippen LogP contribution in [0.1, 0.15) is 51.0 Å². The van der Waals surface area contributed by atoms with E-state index in [9.17, 15) is 9.59 Å². The molecule has 0 spiro atoms. The van der Waals surface area contributed by atoms with E-state index in [1.807, 2.05) is 24.6 Å². The van der Waals surface area contributed by atoms with Gasteiger partial charge in [-0.15, -0.1) is 0 Å². The largest absolute Gasteiger partial charge is 0.328 e. The van der Waals surface area contributed by atoms with Crippen LogP contribution in [0.5, 0.6) is 0 Å². The molecule has 1 N–H and O–H groups in total. The summed E-state index contributed by atoms with van der Waals surface area (Å²) >= 11 is 0. The number of fused-ring (bicyclic) bond motifs is 1. The van der Waals surface area contributed by atoms with E-state index in [0.717, 1.165) is 0 Å². The minimum Gasteiger partial charge on any atom is -0.328 e. The van der Waals surface area contributed by atoms with Crippen LogP contribution >= 0.6 is 0 Å². The van der Waals surface area contributed by atoms with Crippen molar-refractivity contribution in [1.29, 1.82) is 0 Å². The molecule has 0 amide bonds. The molecule has 0 aromatic carbocycles. The molecule has 5 nitrogen and oxygen atoms in total. The van der Waals surface area contributed by atoms with Crippen LogP contribution in [-0.4, -0.2) is 20.3 Å².